The Morgan fingerprint density at radius 1 is 1.08 bits per heavy atom. The molecular weight excluding hydrogens is 518 g/mol. The number of anilines is 1. The maximum absolute atomic E-state index is 14.2. The number of ether oxygens (including phenoxy) is 1. The van der Waals surface area contributed by atoms with Gasteiger partial charge in [0.2, 0.25) is 5.91 Å². The molecule has 214 valence electrons. The number of alkyl carbamates (subject to hydrolysis) is 1. The zero-order valence-electron chi connectivity index (χ0n) is 24.2. The minimum Gasteiger partial charge on any atom is -0.444 e. The van der Waals surface area contributed by atoms with E-state index in [1.54, 1.807) is 32.9 Å². The van der Waals surface area contributed by atoms with E-state index in [0.29, 0.717) is 22.7 Å². The molecule has 0 spiro atoms. The van der Waals surface area contributed by atoms with Gasteiger partial charge in [0.15, 0.2) is 0 Å². The standard InChI is InChI=1S/C30H42ClN3O5/c1-9-19(3)25(33-29(38)39-30(6,7)8)28(37)34(15-16-35)26(22-14-13-18(2)17-21(22)5)27(36)32-24-20(4)11-10-12-23(24)31/h10-14,17,19,25-26,35H,9,15-16H2,1-8H3,(H,32,36)(H,33,38). The number of aliphatic hydroxyl groups excluding tert-OH is 1. The van der Waals surface area contributed by atoms with Crippen LogP contribution in [0.5, 0.6) is 0 Å². The summed E-state index contributed by atoms with van der Waals surface area (Å²) in [6.07, 6.45) is -0.150. The Balaban J connectivity index is 2.61. The molecule has 9 heteroatoms. The molecule has 0 aliphatic heterocycles. The molecule has 0 radical (unpaired) electrons. The summed E-state index contributed by atoms with van der Waals surface area (Å²) in [7, 11) is 0. The number of hydrogen-bond donors (Lipinski definition) is 3. The number of nitrogens with zero attached hydrogens (tertiary/aromatic N) is 1. The lowest BCUT2D eigenvalue weighted by molar-refractivity contribution is -0.142. The van der Waals surface area contributed by atoms with Gasteiger partial charge in [0, 0.05) is 6.54 Å². The summed E-state index contributed by atoms with van der Waals surface area (Å²) in [5, 5.41) is 16.0. The Labute approximate surface area is 237 Å². The minimum absolute atomic E-state index is 0.130. The van der Waals surface area contributed by atoms with Gasteiger partial charge in [0.25, 0.3) is 5.91 Å². The number of aryl methyl sites for hydroxylation is 3. The van der Waals surface area contributed by atoms with Crippen LogP contribution in [0.15, 0.2) is 36.4 Å². The highest BCUT2D eigenvalue weighted by atomic mass is 35.5. The molecule has 2 aromatic carbocycles. The molecular formula is C30H42ClN3O5. The Bertz CT molecular complexity index is 1160. The molecule has 2 aromatic rings. The highest BCUT2D eigenvalue weighted by molar-refractivity contribution is 6.34. The topological polar surface area (TPSA) is 108 Å². The fourth-order valence-corrected chi connectivity index (χ4v) is 4.60. The molecule has 2 rings (SSSR count). The predicted octanol–water partition coefficient (Wildman–Crippen LogP) is 5.71. The molecule has 39 heavy (non-hydrogen) atoms. The summed E-state index contributed by atoms with van der Waals surface area (Å²) in [5.74, 6) is -1.26. The van der Waals surface area contributed by atoms with E-state index in [-0.39, 0.29) is 19.1 Å². The smallest absolute Gasteiger partial charge is 0.408 e. The van der Waals surface area contributed by atoms with Crippen molar-refractivity contribution in [2.45, 2.75) is 79.5 Å². The summed E-state index contributed by atoms with van der Waals surface area (Å²) < 4.78 is 5.42. The molecule has 0 fully saturated rings. The Morgan fingerprint density at radius 3 is 2.28 bits per heavy atom. The normalized spacial score (nSPS) is 13.7. The second kappa shape index (κ2) is 13.8. The molecule has 3 unspecified atom stereocenters. The first-order chi connectivity index (χ1) is 18.2. The van der Waals surface area contributed by atoms with Crippen molar-refractivity contribution in [2.24, 2.45) is 5.92 Å². The molecule has 0 aromatic heterocycles. The van der Waals surface area contributed by atoms with Crippen LogP contribution in [0, 0.1) is 26.7 Å². The molecule has 0 heterocycles. The number of hydrogen-bond acceptors (Lipinski definition) is 5. The average Bonchev–Trinajstić information content (AvgIpc) is 2.83. The van der Waals surface area contributed by atoms with Crippen LogP contribution in [0.1, 0.15) is 69.3 Å². The van der Waals surface area contributed by atoms with E-state index >= 15 is 0 Å². The van der Waals surface area contributed by atoms with Gasteiger partial charge in [-0.1, -0.05) is 67.8 Å². The lowest BCUT2D eigenvalue weighted by Gasteiger charge is -2.36. The fourth-order valence-electron chi connectivity index (χ4n) is 4.34. The number of amides is 3. The van der Waals surface area contributed by atoms with E-state index in [1.807, 2.05) is 58.9 Å². The monoisotopic (exact) mass is 559 g/mol. The third-order valence-electron chi connectivity index (χ3n) is 6.53. The van der Waals surface area contributed by atoms with Gasteiger partial charge in [-0.2, -0.15) is 0 Å². The molecule has 0 saturated carbocycles. The largest absolute Gasteiger partial charge is 0.444 e. The van der Waals surface area contributed by atoms with Gasteiger partial charge in [-0.3, -0.25) is 9.59 Å². The SMILES string of the molecule is CCC(C)C(NC(=O)OC(C)(C)C)C(=O)N(CCO)C(C(=O)Nc1c(C)cccc1Cl)c1ccc(C)cc1C. The quantitative estimate of drug-likeness (QED) is 0.346. The number of para-hydroxylation sites is 1. The second-order valence-electron chi connectivity index (χ2n) is 10.9. The summed E-state index contributed by atoms with van der Waals surface area (Å²) in [4.78, 5) is 42.2. The van der Waals surface area contributed by atoms with Gasteiger partial charge in [-0.15, -0.1) is 0 Å². The van der Waals surface area contributed by atoms with Crippen LogP contribution < -0.4 is 10.6 Å². The number of carbonyl (C=O) groups excluding carboxylic acids is 3. The van der Waals surface area contributed by atoms with E-state index in [9.17, 15) is 19.5 Å². The average molecular weight is 560 g/mol. The van der Waals surface area contributed by atoms with Crippen LogP contribution in [0.25, 0.3) is 0 Å². The van der Waals surface area contributed by atoms with Crippen LogP contribution in [-0.4, -0.2) is 52.7 Å². The van der Waals surface area contributed by atoms with Crippen molar-refractivity contribution in [3.63, 3.8) is 0 Å². The number of rotatable bonds is 10. The molecule has 0 aliphatic carbocycles. The van der Waals surface area contributed by atoms with Crippen molar-refractivity contribution in [1.29, 1.82) is 0 Å². The molecule has 0 aliphatic rings. The third-order valence-corrected chi connectivity index (χ3v) is 6.84. The molecule has 3 amide bonds. The summed E-state index contributed by atoms with van der Waals surface area (Å²) >= 11 is 6.40. The number of carbonyl (C=O) groups is 3. The van der Waals surface area contributed by atoms with Crippen molar-refractivity contribution >= 4 is 35.2 Å². The van der Waals surface area contributed by atoms with E-state index in [1.165, 1.54) is 4.90 Å². The Hall–Kier alpha value is -3.10. The molecule has 0 bridgehead atoms. The fraction of sp³-hybridized carbons (Fsp3) is 0.500. The zero-order chi connectivity index (χ0) is 29.5. The van der Waals surface area contributed by atoms with Crippen molar-refractivity contribution in [1.82, 2.24) is 10.2 Å². The summed E-state index contributed by atoms with van der Waals surface area (Å²) in [6.45, 7) is 14.1. The lowest BCUT2D eigenvalue weighted by Crippen LogP contribution is -2.55. The number of benzene rings is 2. The van der Waals surface area contributed by atoms with Crippen LogP contribution in [0.3, 0.4) is 0 Å². The first-order valence-corrected chi connectivity index (χ1v) is 13.6. The second-order valence-corrected chi connectivity index (χ2v) is 11.4. The van der Waals surface area contributed by atoms with E-state index in [4.69, 9.17) is 16.3 Å². The molecule has 8 nitrogen and oxygen atoms in total. The molecule has 0 saturated heterocycles. The highest BCUT2D eigenvalue weighted by Gasteiger charge is 2.38. The lowest BCUT2D eigenvalue weighted by atomic mass is 9.93. The summed E-state index contributed by atoms with van der Waals surface area (Å²) in [6, 6.07) is 8.82. The molecule has 3 atom stereocenters. The van der Waals surface area contributed by atoms with Crippen LogP contribution >= 0.6 is 11.6 Å². The Kier molecular flexibility index (Phi) is 11.4. The first kappa shape index (κ1) is 32.1. The minimum atomic E-state index is -1.10. The summed E-state index contributed by atoms with van der Waals surface area (Å²) in [5.41, 5.74) is 2.86. The zero-order valence-corrected chi connectivity index (χ0v) is 25.0. The van der Waals surface area contributed by atoms with Gasteiger partial charge in [-0.05, 0) is 70.2 Å². The van der Waals surface area contributed by atoms with E-state index in [2.05, 4.69) is 10.6 Å². The third kappa shape index (κ3) is 8.70. The van der Waals surface area contributed by atoms with E-state index < -0.39 is 35.6 Å². The van der Waals surface area contributed by atoms with Gasteiger partial charge in [0.05, 0.1) is 17.3 Å². The van der Waals surface area contributed by atoms with Crippen molar-refractivity contribution in [3.8, 4) is 0 Å². The predicted molar refractivity (Wildman–Crippen MR) is 155 cm³/mol. The number of aliphatic hydroxyl groups is 1. The number of halogens is 1. The Morgan fingerprint density at radius 2 is 1.74 bits per heavy atom. The highest BCUT2D eigenvalue weighted by Crippen LogP contribution is 2.31. The van der Waals surface area contributed by atoms with Gasteiger partial charge >= 0.3 is 6.09 Å². The van der Waals surface area contributed by atoms with Crippen LogP contribution in [-0.2, 0) is 14.3 Å². The van der Waals surface area contributed by atoms with Gasteiger partial charge in [-0.25, -0.2) is 4.79 Å². The van der Waals surface area contributed by atoms with Gasteiger partial charge in [0.1, 0.15) is 17.7 Å². The van der Waals surface area contributed by atoms with Crippen molar-refractivity contribution in [2.75, 3.05) is 18.5 Å². The van der Waals surface area contributed by atoms with Crippen LogP contribution in [0.4, 0.5) is 10.5 Å². The van der Waals surface area contributed by atoms with Crippen molar-refractivity contribution < 1.29 is 24.2 Å². The number of nitrogens with one attached hydrogen (secondary N) is 2. The maximum atomic E-state index is 14.2. The van der Waals surface area contributed by atoms with Gasteiger partial charge < -0.3 is 25.4 Å². The first-order valence-electron chi connectivity index (χ1n) is 13.2. The van der Waals surface area contributed by atoms with E-state index in [0.717, 1.165) is 16.7 Å². The molecule has 3 N–H and O–H groups in total. The van der Waals surface area contributed by atoms with Crippen LogP contribution in [0.2, 0.25) is 5.02 Å². The maximum Gasteiger partial charge on any atom is 0.408 e. The van der Waals surface area contributed by atoms with Crippen molar-refractivity contribution in [3.05, 3.63) is 63.7 Å².